The van der Waals surface area contributed by atoms with Gasteiger partial charge in [-0.2, -0.15) is 0 Å². The van der Waals surface area contributed by atoms with Crippen LogP contribution in [0.2, 0.25) is 0 Å². The summed E-state index contributed by atoms with van der Waals surface area (Å²) in [5, 5.41) is 12.4. The van der Waals surface area contributed by atoms with E-state index in [0.29, 0.717) is 26.2 Å². The van der Waals surface area contributed by atoms with Crippen molar-refractivity contribution in [3.05, 3.63) is 51.7 Å². The van der Waals surface area contributed by atoms with Gasteiger partial charge in [0.15, 0.2) is 0 Å². The summed E-state index contributed by atoms with van der Waals surface area (Å²) in [6.07, 6.45) is 0.329. The van der Waals surface area contributed by atoms with Crippen LogP contribution in [0.3, 0.4) is 0 Å². The SMILES string of the molecule is CCN(CC(=O)N1CCc2sccc2[C@H]1COc1ccccc1C)C[C@@H](O)COC(C)C. The molecule has 2 atom stereocenters. The molecule has 1 aromatic heterocycles. The average Bonchev–Trinajstić information content (AvgIpc) is 3.25. The lowest BCUT2D eigenvalue weighted by atomic mass is 10.0. The lowest BCUT2D eigenvalue weighted by Gasteiger charge is -2.37. The molecule has 1 aliphatic heterocycles. The summed E-state index contributed by atoms with van der Waals surface area (Å²) in [5.74, 6) is 0.921. The van der Waals surface area contributed by atoms with Crippen molar-refractivity contribution in [2.24, 2.45) is 0 Å². The first-order chi connectivity index (χ1) is 15.4. The Morgan fingerprint density at radius 3 is 2.81 bits per heavy atom. The molecule has 1 aliphatic rings. The van der Waals surface area contributed by atoms with Gasteiger partial charge in [0.2, 0.25) is 5.91 Å². The molecule has 6 nitrogen and oxygen atoms in total. The summed E-state index contributed by atoms with van der Waals surface area (Å²) in [4.78, 5) is 18.6. The second-order valence-corrected chi connectivity index (χ2v) is 9.59. The lowest BCUT2D eigenvalue weighted by Crippen LogP contribution is -2.48. The number of amides is 1. The van der Waals surface area contributed by atoms with Crippen LogP contribution in [-0.2, 0) is 16.0 Å². The number of rotatable bonds is 11. The minimum Gasteiger partial charge on any atom is -0.491 e. The maximum absolute atomic E-state index is 13.4. The first kappa shape index (κ1) is 24.7. The maximum atomic E-state index is 13.4. The first-order valence-corrected chi connectivity index (χ1v) is 12.3. The highest BCUT2D eigenvalue weighted by molar-refractivity contribution is 7.10. The quantitative estimate of drug-likeness (QED) is 0.554. The molecule has 32 heavy (non-hydrogen) atoms. The minimum absolute atomic E-state index is 0.0686. The molecule has 1 N–H and O–H groups in total. The van der Waals surface area contributed by atoms with E-state index in [2.05, 4.69) is 11.4 Å². The number of nitrogens with zero attached hydrogens (tertiary/aromatic N) is 2. The number of ether oxygens (including phenoxy) is 2. The molecule has 0 fully saturated rings. The van der Waals surface area contributed by atoms with Crippen LogP contribution in [0.25, 0.3) is 0 Å². The molecule has 0 unspecified atom stereocenters. The molecule has 1 amide bonds. The van der Waals surface area contributed by atoms with Gasteiger partial charge < -0.3 is 19.5 Å². The van der Waals surface area contributed by atoms with Gasteiger partial charge in [-0.1, -0.05) is 25.1 Å². The highest BCUT2D eigenvalue weighted by Crippen LogP contribution is 2.34. The maximum Gasteiger partial charge on any atom is 0.237 e. The molecule has 1 aromatic carbocycles. The largest absolute Gasteiger partial charge is 0.491 e. The minimum atomic E-state index is -0.616. The van der Waals surface area contributed by atoms with E-state index in [1.807, 2.05) is 61.8 Å². The number of para-hydroxylation sites is 1. The van der Waals surface area contributed by atoms with Crippen molar-refractivity contribution in [3.8, 4) is 5.75 Å². The van der Waals surface area contributed by atoms with E-state index in [0.717, 1.165) is 17.7 Å². The number of hydrogen-bond donors (Lipinski definition) is 1. The zero-order chi connectivity index (χ0) is 23.1. The van der Waals surface area contributed by atoms with E-state index in [4.69, 9.17) is 9.47 Å². The fraction of sp³-hybridized carbons (Fsp3) is 0.560. The van der Waals surface area contributed by atoms with Crippen LogP contribution < -0.4 is 4.74 Å². The number of benzene rings is 1. The van der Waals surface area contributed by atoms with Crippen molar-refractivity contribution < 1.29 is 19.4 Å². The number of likely N-dealkylation sites (N-methyl/N-ethyl adjacent to an activating group) is 1. The molecule has 0 aliphatic carbocycles. The van der Waals surface area contributed by atoms with Crippen LogP contribution in [0.15, 0.2) is 35.7 Å². The van der Waals surface area contributed by atoms with Gasteiger partial charge in [-0.05, 0) is 62.4 Å². The van der Waals surface area contributed by atoms with Crippen molar-refractivity contribution >= 4 is 17.2 Å². The standard InChI is InChI=1S/C25H36N2O4S/c1-5-26(14-20(28)16-30-18(2)3)15-25(29)27-12-10-24-21(11-13-32-24)22(27)17-31-23-9-7-6-8-19(23)4/h6-9,11,13,18,20,22,28H,5,10,12,14-17H2,1-4H3/t20-,22-/m1/s1. The Balaban J connectivity index is 1.66. The summed E-state index contributed by atoms with van der Waals surface area (Å²) in [6.45, 7) is 10.7. The Kier molecular flexibility index (Phi) is 9.11. The predicted octanol–water partition coefficient (Wildman–Crippen LogP) is 3.67. The van der Waals surface area contributed by atoms with Crippen molar-refractivity contribution in [1.82, 2.24) is 9.80 Å². The van der Waals surface area contributed by atoms with E-state index in [1.165, 1.54) is 10.4 Å². The molecule has 0 spiro atoms. The van der Waals surface area contributed by atoms with Gasteiger partial charge in [0.05, 0.1) is 31.4 Å². The van der Waals surface area contributed by atoms with Gasteiger partial charge in [-0.15, -0.1) is 11.3 Å². The summed E-state index contributed by atoms with van der Waals surface area (Å²) in [5.41, 5.74) is 2.28. The van der Waals surface area contributed by atoms with Crippen LogP contribution in [0, 0.1) is 6.92 Å². The molecule has 7 heteroatoms. The lowest BCUT2D eigenvalue weighted by molar-refractivity contribution is -0.136. The van der Waals surface area contributed by atoms with Crippen LogP contribution in [0.1, 0.15) is 42.8 Å². The molecule has 2 aromatic rings. The number of hydrogen-bond acceptors (Lipinski definition) is 6. The first-order valence-electron chi connectivity index (χ1n) is 11.4. The fourth-order valence-electron chi connectivity index (χ4n) is 4.00. The van der Waals surface area contributed by atoms with E-state index in [-0.39, 0.29) is 31.2 Å². The molecule has 0 saturated carbocycles. The van der Waals surface area contributed by atoms with Gasteiger partial charge in [0.25, 0.3) is 0 Å². The van der Waals surface area contributed by atoms with Gasteiger partial charge in [-0.25, -0.2) is 0 Å². The predicted molar refractivity (Wildman–Crippen MR) is 128 cm³/mol. The fourth-order valence-corrected chi connectivity index (χ4v) is 4.93. The average molecular weight is 461 g/mol. The number of aliphatic hydroxyl groups excluding tert-OH is 1. The van der Waals surface area contributed by atoms with E-state index in [9.17, 15) is 9.90 Å². The number of aliphatic hydroxyl groups is 1. The van der Waals surface area contributed by atoms with Crippen LogP contribution in [-0.4, -0.2) is 72.4 Å². The molecule has 0 bridgehead atoms. The normalized spacial score (nSPS) is 17.0. The molecule has 0 radical (unpaired) electrons. The van der Waals surface area contributed by atoms with Crippen molar-refractivity contribution in [1.29, 1.82) is 0 Å². The van der Waals surface area contributed by atoms with E-state index >= 15 is 0 Å². The molecule has 2 heterocycles. The second-order valence-electron chi connectivity index (χ2n) is 8.59. The van der Waals surface area contributed by atoms with Gasteiger partial charge in [-0.3, -0.25) is 9.69 Å². The molecular formula is C25H36N2O4S. The van der Waals surface area contributed by atoms with E-state index in [1.54, 1.807) is 11.3 Å². The number of fused-ring (bicyclic) bond motifs is 1. The Morgan fingerprint density at radius 2 is 2.09 bits per heavy atom. The number of carbonyl (C=O) groups excluding carboxylic acids is 1. The number of aryl methyl sites for hydroxylation is 1. The highest BCUT2D eigenvalue weighted by Gasteiger charge is 2.33. The summed E-state index contributed by atoms with van der Waals surface area (Å²) in [7, 11) is 0. The molecule has 176 valence electrons. The third-order valence-corrected chi connectivity index (χ3v) is 6.80. The second kappa shape index (κ2) is 11.8. The summed E-state index contributed by atoms with van der Waals surface area (Å²) < 4.78 is 11.7. The number of thiophene rings is 1. The Hall–Kier alpha value is -1.93. The topological polar surface area (TPSA) is 62.2 Å². The van der Waals surface area contributed by atoms with Gasteiger partial charge in [0.1, 0.15) is 12.4 Å². The van der Waals surface area contributed by atoms with Crippen LogP contribution in [0.5, 0.6) is 5.75 Å². The van der Waals surface area contributed by atoms with Crippen LogP contribution >= 0.6 is 11.3 Å². The molecule has 0 saturated heterocycles. The molecular weight excluding hydrogens is 424 g/mol. The summed E-state index contributed by atoms with van der Waals surface area (Å²) in [6, 6.07) is 9.98. The van der Waals surface area contributed by atoms with Gasteiger partial charge in [0, 0.05) is 18.0 Å². The van der Waals surface area contributed by atoms with Crippen molar-refractivity contribution in [2.75, 3.05) is 39.4 Å². The Labute approximate surface area is 195 Å². The van der Waals surface area contributed by atoms with Crippen molar-refractivity contribution in [2.45, 2.75) is 52.4 Å². The van der Waals surface area contributed by atoms with Crippen molar-refractivity contribution in [3.63, 3.8) is 0 Å². The monoisotopic (exact) mass is 460 g/mol. The van der Waals surface area contributed by atoms with Gasteiger partial charge >= 0.3 is 0 Å². The zero-order valence-corrected chi connectivity index (χ0v) is 20.4. The third-order valence-electron chi connectivity index (χ3n) is 5.80. The summed E-state index contributed by atoms with van der Waals surface area (Å²) >= 11 is 1.75. The Bertz CT molecular complexity index is 869. The zero-order valence-electron chi connectivity index (χ0n) is 19.6. The van der Waals surface area contributed by atoms with Crippen LogP contribution in [0.4, 0.5) is 0 Å². The third kappa shape index (κ3) is 6.54. The highest BCUT2D eigenvalue weighted by atomic mass is 32.1. The molecule has 3 rings (SSSR count). The van der Waals surface area contributed by atoms with E-state index < -0.39 is 6.10 Å². The smallest absolute Gasteiger partial charge is 0.237 e. The Morgan fingerprint density at radius 1 is 1.31 bits per heavy atom. The number of carbonyl (C=O) groups is 1.